The van der Waals surface area contributed by atoms with E-state index < -0.39 is 23.1 Å². The number of primary amides is 1. The molecule has 0 unspecified atom stereocenters. The summed E-state index contributed by atoms with van der Waals surface area (Å²) in [6, 6.07) is 5.02. The molecule has 29 heavy (non-hydrogen) atoms. The number of alkyl halides is 3. The Morgan fingerprint density at radius 2 is 2.07 bits per heavy atom. The van der Waals surface area contributed by atoms with Crippen molar-refractivity contribution in [1.82, 2.24) is 15.1 Å². The number of hydrogen-bond acceptors (Lipinski definition) is 3. The van der Waals surface area contributed by atoms with Gasteiger partial charge in [-0.1, -0.05) is 18.2 Å². The van der Waals surface area contributed by atoms with Gasteiger partial charge in [0.1, 0.15) is 0 Å². The van der Waals surface area contributed by atoms with Gasteiger partial charge >= 0.3 is 6.18 Å². The molecule has 1 aromatic heterocycles. The van der Waals surface area contributed by atoms with Crippen LogP contribution < -0.4 is 11.1 Å². The highest BCUT2D eigenvalue weighted by atomic mass is 19.4. The third kappa shape index (κ3) is 3.61. The molecular weight excluding hydrogens is 385 g/mol. The van der Waals surface area contributed by atoms with Crippen LogP contribution >= 0.6 is 0 Å². The van der Waals surface area contributed by atoms with Crippen LogP contribution in [0.1, 0.15) is 46.4 Å². The maximum atomic E-state index is 13.0. The summed E-state index contributed by atoms with van der Waals surface area (Å²) in [6.07, 6.45) is -0.567. The Balaban J connectivity index is 1.43. The predicted molar refractivity (Wildman–Crippen MR) is 97.9 cm³/mol. The van der Waals surface area contributed by atoms with Gasteiger partial charge in [-0.2, -0.15) is 18.3 Å². The fourth-order valence-corrected chi connectivity index (χ4v) is 4.05. The van der Waals surface area contributed by atoms with Crippen LogP contribution in [0, 0.1) is 5.92 Å². The van der Waals surface area contributed by atoms with Crippen molar-refractivity contribution < 1.29 is 22.8 Å². The average Bonchev–Trinajstić information content (AvgIpc) is 3.39. The second-order valence-corrected chi connectivity index (χ2v) is 7.82. The Kier molecular flexibility index (Phi) is 4.63. The summed E-state index contributed by atoms with van der Waals surface area (Å²) >= 11 is 0. The third-order valence-corrected chi connectivity index (χ3v) is 5.92. The minimum atomic E-state index is -4.44. The monoisotopic (exact) mass is 406 g/mol. The summed E-state index contributed by atoms with van der Waals surface area (Å²) in [4.78, 5) is 24.3. The maximum absolute atomic E-state index is 13.0. The molecule has 1 aliphatic carbocycles. The van der Waals surface area contributed by atoms with Crippen molar-refractivity contribution in [3.8, 4) is 0 Å². The highest BCUT2D eigenvalue weighted by molar-refractivity contribution is 5.93. The average molecular weight is 406 g/mol. The number of hydrogen-bond donors (Lipinski definition) is 2. The van der Waals surface area contributed by atoms with Crippen molar-refractivity contribution in [2.75, 3.05) is 6.54 Å². The quantitative estimate of drug-likeness (QED) is 0.799. The van der Waals surface area contributed by atoms with Crippen LogP contribution in [0.3, 0.4) is 0 Å². The number of aromatic nitrogens is 2. The first kappa shape index (κ1) is 19.5. The minimum absolute atomic E-state index is 0.110. The van der Waals surface area contributed by atoms with Crippen LogP contribution in [0.15, 0.2) is 30.5 Å². The molecule has 1 saturated carbocycles. The van der Waals surface area contributed by atoms with E-state index in [4.69, 9.17) is 5.73 Å². The number of nitrogens with one attached hydrogen (secondary N) is 1. The first-order valence-corrected chi connectivity index (χ1v) is 9.51. The lowest BCUT2D eigenvalue weighted by atomic mass is 9.91. The third-order valence-electron chi connectivity index (χ3n) is 5.92. The van der Waals surface area contributed by atoms with Gasteiger partial charge in [-0.15, -0.1) is 0 Å². The highest BCUT2D eigenvalue weighted by Crippen LogP contribution is 2.49. The van der Waals surface area contributed by atoms with Gasteiger partial charge in [-0.05, 0) is 43.2 Å². The van der Waals surface area contributed by atoms with Gasteiger partial charge in [0.05, 0.1) is 28.4 Å². The van der Waals surface area contributed by atoms with Gasteiger partial charge < -0.3 is 11.1 Å². The lowest BCUT2D eigenvalue weighted by molar-refractivity contribution is -0.137. The Labute approximate surface area is 165 Å². The van der Waals surface area contributed by atoms with Crippen molar-refractivity contribution in [1.29, 1.82) is 0 Å². The predicted octanol–water partition coefficient (Wildman–Crippen LogP) is 2.41. The van der Waals surface area contributed by atoms with E-state index in [1.165, 1.54) is 12.3 Å². The van der Waals surface area contributed by atoms with Crippen molar-refractivity contribution in [2.45, 2.75) is 43.8 Å². The number of halogens is 3. The minimum Gasteiger partial charge on any atom is -0.365 e. The molecule has 154 valence electrons. The molecule has 4 rings (SSSR count). The van der Waals surface area contributed by atoms with E-state index >= 15 is 0 Å². The number of nitrogens with two attached hydrogens (primary N) is 1. The first-order valence-electron chi connectivity index (χ1n) is 9.51. The molecule has 1 aromatic carbocycles. The molecule has 6 nitrogen and oxygen atoms in total. The summed E-state index contributed by atoms with van der Waals surface area (Å²) in [5, 5.41) is 7.08. The zero-order valence-electron chi connectivity index (χ0n) is 15.6. The topological polar surface area (TPSA) is 90.0 Å². The van der Waals surface area contributed by atoms with Gasteiger partial charge in [0.25, 0.3) is 5.91 Å². The maximum Gasteiger partial charge on any atom is 0.416 e. The second kappa shape index (κ2) is 6.89. The molecule has 2 amide bonds. The first-order chi connectivity index (χ1) is 13.7. The van der Waals surface area contributed by atoms with E-state index in [-0.39, 0.29) is 11.8 Å². The van der Waals surface area contributed by atoms with Crippen molar-refractivity contribution in [2.24, 2.45) is 11.7 Å². The summed E-state index contributed by atoms with van der Waals surface area (Å²) in [7, 11) is 0. The number of fused-ring (bicyclic) bond motifs is 1. The SMILES string of the molecule is NC(=O)c1cnn2c1C[C@@H](CNC(=O)C1(c3cccc(C(F)(F)F)c3)CC1)CC2. The van der Waals surface area contributed by atoms with Crippen molar-refractivity contribution in [3.05, 3.63) is 52.8 Å². The molecule has 2 aromatic rings. The molecule has 0 spiro atoms. The standard InChI is InChI=1S/C20H21F3N4O2/c21-20(22,23)14-3-1-2-13(9-14)19(5-6-19)18(29)25-10-12-4-7-27-16(8-12)15(11-26-27)17(24)28/h1-3,9,11-12H,4-8,10H2,(H2,24,28)(H,25,29)/t12-/m0/s1. The van der Waals surface area contributed by atoms with E-state index in [1.54, 1.807) is 10.7 Å². The van der Waals surface area contributed by atoms with Crippen LogP contribution in [0.25, 0.3) is 0 Å². The Hall–Kier alpha value is -2.84. The summed E-state index contributed by atoms with van der Waals surface area (Å²) in [6.45, 7) is 1.02. The zero-order chi connectivity index (χ0) is 20.8. The fraction of sp³-hybridized carbons (Fsp3) is 0.450. The molecule has 2 aliphatic rings. The molecule has 9 heteroatoms. The van der Waals surface area contributed by atoms with Gasteiger partial charge in [-0.3, -0.25) is 14.3 Å². The van der Waals surface area contributed by atoms with Crippen LogP contribution in [0.5, 0.6) is 0 Å². The lowest BCUT2D eigenvalue weighted by Crippen LogP contribution is -2.39. The second-order valence-electron chi connectivity index (χ2n) is 7.82. The van der Waals surface area contributed by atoms with Crippen LogP contribution in [-0.4, -0.2) is 28.1 Å². The number of rotatable bonds is 5. The molecule has 0 saturated heterocycles. The number of aryl methyl sites for hydroxylation is 1. The van der Waals surface area contributed by atoms with Gasteiger partial charge in [0, 0.05) is 13.1 Å². The van der Waals surface area contributed by atoms with Gasteiger partial charge in [0.2, 0.25) is 5.91 Å². The number of carbonyl (C=O) groups excluding carboxylic acids is 2. The van der Waals surface area contributed by atoms with E-state index in [0.29, 0.717) is 43.5 Å². The Bertz CT molecular complexity index is 963. The summed E-state index contributed by atoms with van der Waals surface area (Å²) in [5.41, 5.74) is 5.32. The molecular formula is C20H21F3N4O2. The van der Waals surface area contributed by atoms with E-state index in [9.17, 15) is 22.8 Å². The zero-order valence-corrected chi connectivity index (χ0v) is 15.6. The van der Waals surface area contributed by atoms with Crippen LogP contribution in [-0.2, 0) is 29.4 Å². The van der Waals surface area contributed by atoms with Gasteiger partial charge in [0.15, 0.2) is 0 Å². The smallest absolute Gasteiger partial charge is 0.365 e. The molecule has 1 atom stereocenters. The van der Waals surface area contributed by atoms with E-state index in [2.05, 4.69) is 10.4 Å². The Morgan fingerprint density at radius 3 is 2.72 bits per heavy atom. The van der Waals surface area contributed by atoms with E-state index in [0.717, 1.165) is 24.2 Å². The van der Waals surface area contributed by atoms with Gasteiger partial charge in [-0.25, -0.2) is 0 Å². The lowest BCUT2D eigenvalue weighted by Gasteiger charge is -2.25. The Morgan fingerprint density at radius 1 is 1.31 bits per heavy atom. The molecule has 1 fully saturated rings. The molecule has 0 bridgehead atoms. The number of amides is 2. The number of benzene rings is 1. The largest absolute Gasteiger partial charge is 0.416 e. The van der Waals surface area contributed by atoms with Crippen LogP contribution in [0.4, 0.5) is 13.2 Å². The van der Waals surface area contributed by atoms with Crippen molar-refractivity contribution >= 4 is 11.8 Å². The summed E-state index contributed by atoms with van der Waals surface area (Å²) < 4.78 is 40.8. The number of nitrogens with zero attached hydrogens (tertiary/aromatic N) is 2. The highest BCUT2D eigenvalue weighted by Gasteiger charge is 2.51. The number of carbonyl (C=O) groups is 2. The summed E-state index contributed by atoms with van der Waals surface area (Å²) in [5.74, 6) is -0.665. The molecule has 3 N–H and O–H groups in total. The molecule has 1 aliphatic heterocycles. The fourth-order valence-electron chi connectivity index (χ4n) is 4.05. The molecule has 2 heterocycles. The molecule has 0 radical (unpaired) electrons. The van der Waals surface area contributed by atoms with Crippen LogP contribution in [0.2, 0.25) is 0 Å². The van der Waals surface area contributed by atoms with Crippen molar-refractivity contribution in [3.63, 3.8) is 0 Å². The normalized spacial score (nSPS) is 20.0. The van der Waals surface area contributed by atoms with E-state index in [1.807, 2.05) is 0 Å².